The first-order valence-corrected chi connectivity index (χ1v) is 7.18. The summed E-state index contributed by atoms with van der Waals surface area (Å²) < 4.78 is 5.41. The Morgan fingerprint density at radius 3 is 2.71 bits per heavy atom. The van der Waals surface area contributed by atoms with Gasteiger partial charge in [-0.3, -0.25) is 9.59 Å². The molecule has 2 atom stereocenters. The summed E-state index contributed by atoms with van der Waals surface area (Å²) in [7, 11) is 1.67. The molecule has 0 saturated carbocycles. The summed E-state index contributed by atoms with van der Waals surface area (Å²) in [6.45, 7) is 3.15. The zero-order valence-electron chi connectivity index (χ0n) is 12.3. The molecule has 21 heavy (non-hydrogen) atoms. The molecule has 2 amide bonds. The number of nitrogens with zero attached hydrogens (tertiary/aromatic N) is 3. The third-order valence-electron chi connectivity index (χ3n) is 4.39. The molecule has 114 valence electrons. The molecule has 1 unspecified atom stereocenters. The summed E-state index contributed by atoms with van der Waals surface area (Å²) in [5, 5.41) is 0. The van der Waals surface area contributed by atoms with Gasteiger partial charge in [0.15, 0.2) is 0 Å². The number of hydrogen-bond acceptors (Lipinski definition) is 4. The standard InChI is InChI=1S/C14H20N4O3/c1-9(19)17-6-10(7-17)14(20)18-8-11(21-2)5-12(18)13-15-3-4-16-13/h3-4,10-12H,5-8H2,1-2H3,(H,15,16)/t11-,12?/m1/s1. The summed E-state index contributed by atoms with van der Waals surface area (Å²) in [5.41, 5.74) is 0. The van der Waals surface area contributed by atoms with Crippen molar-refractivity contribution in [3.8, 4) is 0 Å². The summed E-state index contributed by atoms with van der Waals surface area (Å²) >= 11 is 0. The van der Waals surface area contributed by atoms with Crippen LogP contribution in [0.2, 0.25) is 0 Å². The number of H-pyrrole nitrogens is 1. The first-order chi connectivity index (χ1) is 10.1. The van der Waals surface area contributed by atoms with E-state index in [2.05, 4.69) is 9.97 Å². The molecule has 0 spiro atoms. The molecule has 1 N–H and O–H groups in total. The second-order valence-corrected chi connectivity index (χ2v) is 5.70. The van der Waals surface area contributed by atoms with Crippen LogP contribution in [0.4, 0.5) is 0 Å². The number of methoxy groups -OCH3 is 1. The number of nitrogens with one attached hydrogen (secondary N) is 1. The van der Waals surface area contributed by atoms with Crippen LogP contribution in [0, 0.1) is 5.92 Å². The smallest absolute Gasteiger partial charge is 0.229 e. The molecule has 0 bridgehead atoms. The number of aromatic nitrogens is 2. The number of aromatic amines is 1. The number of imidazole rings is 1. The summed E-state index contributed by atoms with van der Waals surface area (Å²) in [4.78, 5) is 34.8. The van der Waals surface area contributed by atoms with Crippen LogP contribution in [0.5, 0.6) is 0 Å². The van der Waals surface area contributed by atoms with E-state index >= 15 is 0 Å². The van der Waals surface area contributed by atoms with Crippen molar-refractivity contribution in [1.29, 1.82) is 0 Å². The molecular formula is C14H20N4O3. The SMILES string of the molecule is CO[C@@H]1CC(c2ncc[nH]2)N(C(=O)C2CN(C(C)=O)C2)C1. The quantitative estimate of drug-likeness (QED) is 0.862. The lowest BCUT2D eigenvalue weighted by Crippen LogP contribution is -2.56. The fourth-order valence-electron chi connectivity index (χ4n) is 3.06. The van der Waals surface area contributed by atoms with E-state index in [4.69, 9.17) is 4.74 Å². The molecule has 3 rings (SSSR count). The number of ether oxygens (including phenoxy) is 1. The van der Waals surface area contributed by atoms with Crippen LogP contribution in [0.15, 0.2) is 12.4 Å². The van der Waals surface area contributed by atoms with Crippen LogP contribution in [0.3, 0.4) is 0 Å². The molecule has 0 aliphatic carbocycles. The van der Waals surface area contributed by atoms with Crippen molar-refractivity contribution in [2.75, 3.05) is 26.7 Å². The fraction of sp³-hybridized carbons (Fsp3) is 0.643. The molecule has 2 saturated heterocycles. The molecule has 7 heteroatoms. The van der Waals surface area contributed by atoms with Gasteiger partial charge in [0.2, 0.25) is 11.8 Å². The topological polar surface area (TPSA) is 78.5 Å². The van der Waals surface area contributed by atoms with Crippen molar-refractivity contribution in [1.82, 2.24) is 19.8 Å². The third-order valence-corrected chi connectivity index (χ3v) is 4.39. The minimum Gasteiger partial charge on any atom is -0.380 e. The number of likely N-dealkylation sites (tertiary alicyclic amines) is 2. The predicted octanol–water partition coefficient (Wildman–Crippen LogP) is 0.176. The Labute approximate surface area is 123 Å². The minimum atomic E-state index is -0.0954. The van der Waals surface area contributed by atoms with Gasteiger partial charge in [0, 0.05) is 52.5 Å². The first kappa shape index (κ1) is 14.1. The Morgan fingerprint density at radius 2 is 2.14 bits per heavy atom. The summed E-state index contributed by atoms with van der Waals surface area (Å²) in [5.74, 6) is 0.818. The summed E-state index contributed by atoms with van der Waals surface area (Å²) in [6, 6.07) is -0.0659. The minimum absolute atomic E-state index is 0.0258. The van der Waals surface area contributed by atoms with E-state index in [-0.39, 0.29) is 29.9 Å². The maximum Gasteiger partial charge on any atom is 0.229 e. The van der Waals surface area contributed by atoms with E-state index in [1.54, 1.807) is 24.4 Å². The molecule has 1 aromatic rings. The lowest BCUT2D eigenvalue weighted by molar-refractivity contribution is -0.148. The molecule has 2 aliphatic heterocycles. The number of carbonyl (C=O) groups is 2. The second-order valence-electron chi connectivity index (χ2n) is 5.70. The maximum absolute atomic E-state index is 12.7. The van der Waals surface area contributed by atoms with E-state index in [1.165, 1.54) is 6.92 Å². The largest absolute Gasteiger partial charge is 0.380 e. The maximum atomic E-state index is 12.7. The lowest BCUT2D eigenvalue weighted by Gasteiger charge is -2.40. The van der Waals surface area contributed by atoms with Crippen molar-refractivity contribution in [2.24, 2.45) is 5.92 Å². The van der Waals surface area contributed by atoms with Gasteiger partial charge in [0.05, 0.1) is 18.1 Å². The molecule has 2 fully saturated rings. The Kier molecular flexibility index (Phi) is 3.67. The summed E-state index contributed by atoms with van der Waals surface area (Å²) in [6.07, 6.45) is 4.24. The lowest BCUT2D eigenvalue weighted by atomic mass is 9.98. The number of rotatable bonds is 3. The van der Waals surface area contributed by atoms with Crippen LogP contribution in [-0.4, -0.2) is 64.4 Å². The highest BCUT2D eigenvalue weighted by Crippen LogP contribution is 2.34. The average Bonchev–Trinajstić information content (AvgIpc) is 3.05. The highest BCUT2D eigenvalue weighted by atomic mass is 16.5. The molecule has 0 aromatic carbocycles. The highest BCUT2D eigenvalue weighted by molar-refractivity contribution is 5.84. The normalized spacial score (nSPS) is 26.0. The third kappa shape index (κ3) is 2.53. The Balaban J connectivity index is 1.70. The second kappa shape index (κ2) is 5.48. The average molecular weight is 292 g/mol. The molecule has 0 radical (unpaired) electrons. The first-order valence-electron chi connectivity index (χ1n) is 7.18. The van der Waals surface area contributed by atoms with Crippen LogP contribution in [0.25, 0.3) is 0 Å². The fourth-order valence-corrected chi connectivity index (χ4v) is 3.06. The Bertz CT molecular complexity index is 524. The zero-order chi connectivity index (χ0) is 15.0. The highest BCUT2D eigenvalue weighted by Gasteiger charge is 2.43. The Hall–Kier alpha value is -1.89. The van der Waals surface area contributed by atoms with Gasteiger partial charge < -0.3 is 19.5 Å². The van der Waals surface area contributed by atoms with E-state index < -0.39 is 0 Å². The van der Waals surface area contributed by atoms with Crippen LogP contribution in [0.1, 0.15) is 25.2 Å². The van der Waals surface area contributed by atoms with Crippen molar-refractivity contribution in [3.63, 3.8) is 0 Å². The van der Waals surface area contributed by atoms with Gasteiger partial charge in [0.1, 0.15) is 5.82 Å². The van der Waals surface area contributed by atoms with Gasteiger partial charge in [-0.1, -0.05) is 0 Å². The number of carbonyl (C=O) groups excluding carboxylic acids is 2. The van der Waals surface area contributed by atoms with Crippen molar-refractivity contribution >= 4 is 11.8 Å². The van der Waals surface area contributed by atoms with Gasteiger partial charge in [-0.2, -0.15) is 0 Å². The van der Waals surface area contributed by atoms with Gasteiger partial charge in [0.25, 0.3) is 0 Å². The van der Waals surface area contributed by atoms with E-state index in [0.29, 0.717) is 19.6 Å². The van der Waals surface area contributed by atoms with Gasteiger partial charge in [-0.25, -0.2) is 4.98 Å². The molecule has 3 heterocycles. The van der Waals surface area contributed by atoms with Crippen molar-refractivity contribution in [3.05, 3.63) is 18.2 Å². The van der Waals surface area contributed by atoms with Crippen molar-refractivity contribution < 1.29 is 14.3 Å². The van der Waals surface area contributed by atoms with Gasteiger partial charge >= 0.3 is 0 Å². The number of amides is 2. The van der Waals surface area contributed by atoms with Gasteiger partial charge in [-0.15, -0.1) is 0 Å². The Morgan fingerprint density at radius 1 is 1.38 bits per heavy atom. The van der Waals surface area contributed by atoms with Crippen molar-refractivity contribution in [2.45, 2.75) is 25.5 Å². The monoisotopic (exact) mass is 292 g/mol. The number of hydrogen-bond donors (Lipinski definition) is 1. The van der Waals surface area contributed by atoms with Crippen LogP contribution >= 0.6 is 0 Å². The molecule has 7 nitrogen and oxygen atoms in total. The zero-order valence-corrected chi connectivity index (χ0v) is 12.3. The molecular weight excluding hydrogens is 272 g/mol. The molecule has 1 aromatic heterocycles. The van der Waals surface area contributed by atoms with E-state index in [1.807, 2.05) is 4.90 Å². The van der Waals surface area contributed by atoms with E-state index in [0.717, 1.165) is 12.2 Å². The predicted molar refractivity (Wildman–Crippen MR) is 74.2 cm³/mol. The van der Waals surface area contributed by atoms with Gasteiger partial charge in [-0.05, 0) is 0 Å². The van der Waals surface area contributed by atoms with Crippen LogP contribution < -0.4 is 0 Å². The molecule has 2 aliphatic rings. The van der Waals surface area contributed by atoms with Crippen LogP contribution in [-0.2, 0) is 14.3 Å². The van der Waals surface area contributed by atoms with E-state index in [9.17, 15) is 9.59 Å².